The Hall–Kier alpha value is -0.410. The van der Waals surface area contributed by atoms with E-state index in [1.54, 1.807) is 6.20 Å². The average Bonchev–Trinajstić information content (AvgIpc) is 2.36. The van der Waals surface area contributed by atoms with Crippen molar-refractivity contribution in [2.75, 3.05) is 0 Å². The number of aliphatic hydroxyl groups excluding tert-OH is 1. The van der Waals surface area contributed by atoms with Crippen molar-refractivity contribution in [2.24, 2.45) is 5.92 Å². The molecule has 0 spiro atoms. The number of hydrogen-bond acceptors (Lipinski definition) is 3. The summed E-state index contributed by atoms with van der Waals surface area (Å²) in [6, 6.07) is 0. The lowest BCUT2D eigenvalue weighted by Gasteiger charge is -2.09. The van der Waals surface area contributed by atoms with Crippen LogP contribution in [0, 0.1) is 5.92 Å². The van der Waals surface area contributed by atoms with Crippen molar-refractivity contribution in [2.45, 2.75) is 20.0 Å². The van der Waals surface area contributed by atoms with Gasteiger partial charge in [0, 0.05) is 11.6 Å². The molecule has 0 saturated carbocycles. The van der Waals surface area contributed by atoms with Gasteiger partial charge in [-0.05, 0) is 5.92 Å². The Morgan fingerprint density at radius 2 is 2.30 bits per heavy atom. The second-order valence-corrected chi connectivity index (χ2v) is 3.49. The molecule has 0 aromatic carbocycles. The van der Waals surface area contributed by atoms with E-state index in [9.17, 15) is 5.11 Å². The summed E-state index contributed by atoms with van der Waals surface area (Å²) in [6.07, 6.45) is 1.32. The van der Waals surface area contributed by atoms with E-state index in [0.717, 1.165) is 5.01 Å². The van der Waals surface area contributed by atoms with Crippen molar-refractivity contribution in [3.8, 4) is 0 Å². The minimum atomic E-state index is -0.389. The van der Waals surface area contributed by atoms with Gasteiger partial charge in [-0.3, -0.25) is 0 Å². The third-order valence-corrected chi connectivity index (χ3v) is 2.18. The standard InChI is InChI=1S/C7H11NOS/c1-5(2)6(9)7-8-3-4-10-7/h3-6,9H,1-2H3/t6-/m0/s1. The summed E-state index contributed by atoms with van der Waals surface area (Å²) < 4.78 is 0. The fraction of sp³-hybridized carbons (Fsp3) is 0.571. The van der Waals surface area contributed by atoms with Gasteiger partial charge in [0.05, 0.1) is 0 Å². The average molecular weight is 157 g/mol. The molecule has 10 heavy (non-hydrogen) atoms. The first kappa shape index (κ1) is 7.69. The molecule has 0 amide bonds. The van der Waals surface area contributed by atoms with E-state index in [4.69, 9.17) is 0 Å². The Morgan fingerprint density at radius 1 is 1.60 bits per heavy atom. The molecule has 3 heteroatoms. The summed E-state index contributed by atoms with van der Waals surface area (Å²) in [7, 11) is 0. The molecule has 56 valence electrons. The number of thiazole rings is 1. The van der Waals surface area contributed by atoms with E-state index >= 15 is 0 Å². The van der Waals surface area contributed by atoms with E-state index in [2.05, 4.69) is 4.98 Å². The molecule has 1 aromatic heterocycles. The topological polar surface area (TPSA) is 33.1 Å². The first-order valence-electron chi connectivity index (χ1n) is 3.29. The lowest BCUT2D eigenvalue weighted by Crippen LogP contribution is -2.04. The molecule has 0 aliphatic carbocycles. The van der Waals surface area contributed by atoms with Crippen LogP contribution in [-0.2, 0) is 0 Å². The molecule has 0 aliphatic rings. The molecule has 1 N–H and O–H groups in total. The van der Waals surface area contributed by atoms with Crippen molar-refractivity contribution in [3.63, 3.8) is 0 Å². The fourth-order valence-electron chi connectivity index (χ4n) is 0.666. The Balaban J connectivity index is 2.68. The van der Waals surface area contributed by atoms with Gasteiger partial charge in [0.1, 0.15) is 11.1 Å². The van der Waals surface area contributed by atoms with Crippen LogP contribution in [0.1, 0.15) is 25.0 Å². The van der Waals surface area contributed by atoms with Gasteiger partial charge in [-0.25, -0.2) is 4.98 Å². The smallest absolute Gasteiger partial charge is 0.121 e. The van der Waals surface area contributed by atoms with Crippen molar-refractivity contribution in [1.29, 1.82) is 0 Å². The summed E-state index contributed by atoms with van der Waals surface area (Å²) in [5.74, 6) is 0.256. The minimum Gasteiger partial charge on any atom is -0.386 e. The number of rotatable bonds is 2. The monoisotopic (exact) mass is 157 g/mol. The van der Waals surface area contributed by atoms with Crippen LogP contribution < -0.4 is 0 Å². The maximum atomic E-state index is 9.43. The molecule has 0 unspecified atom stereocenters. The van der Waals surface area contributed by atoms with E-state index in [-0.39, 0.29) is 12.0 Å². The summed E-state index contributed by atoms with van der Waals surface area (Å²) in [4.78, 5) is 4.01. The maximum Gasteiger partial charge on any atom is 0.121 e. The van der Waals surface area contributed by atoms with Gasteiger partial charge < -0.3 is 5.11 Å². The van der Waals surface area contributed by atoms with Gasteiger partial charge >= 0.3 is 0 Å². The Morgan fingerprint density at radius 3 is 2.70 bits per heavy atom. The van der Waals surface area contributed by atoms with E-state index in [1.165, 1.54) is 11.3 Å². The molecule has 1 atom stereocenters. The van der Waals surface area contributed by atoms with Crippen LogP contribution in [0.25, 0.3) is 0 Å². The fourth-order valence-corrected chi connectivity index (χ4v) is 1.46. The molecule has 1 aromatic rings. The minimum absolute atomic E-state index is 0.256. The highest BCUT2D eigenvalue weighted by molar-refractivity contribution is 7.09. The van der Waals surface area contributed by atoms with Gasteiger partial charge in [0.25, 0.3) is 0 Å². The Bertz CT molecular complexity index is 183. The van der Waals surface area contributed by atoms with Gasteiger partial charge in [0.15, 0.2) is 0 Å². The summed E-state index contributed by atoms with van der Waals surface area (Å²) >= 11 is 1.50. The molecular formula is C7H11NOS. The molecule has 0 radical (unpaired) electrons. The third kappa shape index (κ3) is 1.55. The van der Waals surface area contributed by atoms with Crippen LogP contribution >= 0.6 is 11.3 Å². The summed E-state index contributed by atoms with van der Waals surface area (Å²) in [6.45, 7) is 3.96. The Labute approximate surface area is 64.5 Å². The van der Waals surface area contributed by atoms with Gasteiger partial charge in [-0.1, -0.05) is 13.8 Å². The predicted octanol–water partition coefficient (Wildman–Crippen LogP) is 1.83. The number of aliphatic hydroxyl groups is 1. The van der Waals surface area contributed by atoms with E-state index in [1.807, 2.05) is 19.2 Å². The van der Waals surface area contributed by atoms with Crippen LogP contribution in [-0.4, -0.2) is 10.1 Å². The van der Waals surface area contributed by atoms with Gasteiger partial charge in [-0.2, -0.15) is 0 Å². The first-order chi connectivity index (χ1) is 4.72. The van der Waals surface area contributed by atoms with E-state index < -0.39 is 0 Å². The maximum absolute atomic E-state index is 9.43. The second kappa shape index (κ2) is 3.12. The molecule has 0 aliphatic heterocycles. The molecular weight excluding hydrogens is 146 g/mol. The molecule has 0 fully saturated rings. The van der Waals surface area contributed by atoms with Crippen molar-refractivity contribution >= 4 is 11.3 Å². The molecule has 1 heterocycles. The highest BCUT2D eigenvalue weighted by Gasteiger charge is 2.13. The van der Waals surface area contributed by atoms with Crippen LogP contribution in [0.5, 0.6) is 0 Å². The van der Waals surface area contributed by atoms with E-state index in [0.29, 0.717) is 0 Å². The third-order valence-electron chi connectivity index (χ3n) is 1.34. The summed E-state index contributed by atoms with van der Waals surface area (Å²) in [5, 5.41) is 12.1. The molecule has 2 nitrogen and oxygen atoms in total. The first-order valence-corrected chi connectivity index (χ1v) is 4.17. The van der Waals surface area contributed by atoms with Gasteiger partial charge in [-0.15, -0.1) is 11.3 Å². The summed E-state index contributed by atoms with van der Waals surface area (Å²) in [5.41, 5.74) is 0. The molecule has 0 bridgehead atoms. The highest BCUT2D eigenvalue weighted by Crippen LogP contribution is 2.22. The number of nitrogens with zero attached hydrogens (tertiary/aromatic N) is 1. The number of aromatic nitrogens is 1. The zero-order chi connectivity index (χ0) is 7.56. The number of hydrogen-bond donors (Lipinski definition) is 1. The Kier molecular flexibility index (Phi) is 2.40. The lowest BCUT2D eigenvalue weighted by atomic mass is 10.1. The van der Waals surface area contributed by atoms with Gasteiger partial charge in [0.2, 0.25) is 0 Å². The van der Waals surface area contributed by atoms with Crippen LogP contribution in [0.4, 0.5) is 0 Å². The zero-order valence-corrected chi connectivity index (χ0v) is 6.93. The van der Waals surface area contributed by atoms with Crippen LogP contribution in [0.3, 0.4) is 0 Å². The molecule has 1 rings (SSSR count). The van der Waals surface area contributed by atoms with Crippen molar-refractivity contribution in [3.05, 3.63) is 16.6 Å². The SMILES string of the molecule is CC(C)[C@H](O)c1nccs1. The normalized spacial score (nSPS) is 14.0. The largest absolute Gasteiger partial charge is 0.386 e. The zero-order valence-electron chi connectivity index (χ0n) is 6.11. The van der Waals surface area contributed by atoms with Crippen molar-refractivity contribution < 1.29 is 5.11 Å². The quantitative estimate of drug-likeness (QED) is 0.710. The van der Waals surface area contributed by atoms with Crippen LogP contribution in [0.15, 0.2) is 11.6 Å². The highest BCUT2D eigenvalue weighted by atomic mass is 32.1. The second-order valence-electron chi connectivity index (χ2n) is 2.56. The predicted molar refractivity (Wildman–Crippen MR) is 41.9 cm³/mol. The van der Waals surface area contributed by atoms with Crippen molar-refractivity contribution in [1.82, 2.24) is 4.98 Å². The molecule has 0 saturated heterocycles. The van der Waals surface area contributed by atoms with Crippen LogP contribution in [0.2, 0.25) is 0 Å². The lowest BCUT2D eigenvalue weighted by molar-refractivity contribution is 0.126.